The van der Waals surface area contributed by atoms with E-state index in [9.17, 15) is 4.79 Å². The van der Waals surface area contributed by atoms with Gasteiger partial charge in [-0.2, -0.15) is 0 Å². The number of thiol groups is 1. The summed E-state index contributed by atoms with van der Waals surface area (Å²) in [4.78, 5) is 9.95. The average molecular weight is 156 g/mol. The molecular weight excluding hydrogens is 144 g/mol. The largest absolute Gasteiger partial charge is 0.303 e. The van der Waals surface area contributed by atoms with Crippen LogP contribution in [0, 0.1) is 0 Å². The van der Waals surface area contributed by atoms with Crippen molar-refractivity contribution in [2.75, 3.05) is 5.75 Å². The average Bonchev–Trinajstić information content (AvgIpc) is 2.41. The molecule has 2 heteroatoms. The topological polar surface area (TPSA) is 17.1 Å². The van der Waals surface area contributed by atoms with Gasteiger partial charge in [0.25, 0.3) is 0 Å². The molecule has 0 fully saturated rings. The SMILES string of the molecule is O=CCCC[SH]1C=CC=C1. The molecule has 0 aromatic carbocycles. The number of hydrogen-bond acceptors (Lipinski definition) is 1. The predicted molar refractivity (Wildman–Crippen MR) is 47.4 cm³/mol. The molecule has 0 spiro atoms. The van der Waals surface area contributed by atoms with Gasteiger partial charge in [0.2, 0.25) is 0 Å². The fraction of sp³-hybridized carbons (Fsp3) is 0.375. The Kier molecular flexibility index (Phi) is 3.30. The van der Waals surface area contributed by atoms with Crippen LogP contribution >= 0.6 is 10.9 Å². The monoisotopic (exact) mass is 156 g/mol. The van der Waals surface area contributed by atoms with Gasteiger partial charge in [-0.3, -0.25) is 0 Å². The summed E-state index contributed by atoms with van der Waals surface area (Å²) in [6.07, 6.45) is 6.95. The van der Waals surface area contributed by atoms with Gasteiger partial charge < -0.3 is 4.79 Å². The van der Waals surface area contributed by atoms with Crippen LogP contribution in [-0.2, 0) is 4.79 Å². The molecule has 1 nitrogen and oxygen atoms in total. The van der Waals surface area contributed by atoms with E-state index in [-0.39, 0.29) is 10.9 Å². The van der Waals surface area contributed by atoms with Gasteiger partial charge in [0.05, 0.1) is 0 Å². The Labute approximate surface area is 64.2 Å². The molecule has 0 aliphatic carbocycles. The lowest BCUT2D eigenvalue weighted by Gasteiger charge is -2.06. The third-order valence-corrected chi connectivity index (χ3v) is 3.35. The molecule has 1 aliphatic heterocycles. The van der Waals surface area contributed by atoms with Crippen molar-refractivity contribution in [3.8, 4) is 0 Å². The van der Waals surface area contributed by atoms with E-state index in [4.69, 9.17) is 0 Å². The molecule has 0 aromatic rings. The fourth-order valence-electron chi connectivity index (χ4n) is 0.876. The summed E-state index contributed by atoms with van der Waals surface area (Å²) < 4.78 is 0. The van der Waals surface area contributed by atoms with Crippen LogP contribution in [0.25, 0.3) is 0 Å². The van der Waals surface area contributed by atoms with Crippen LogP contribution in [0.15, 0.2) is 23.0 Å². The van der Waals surface area contributed by atoms with Crippen molar-refractivity contribution in [1.29, 1.82) is 0 Å². The van der Waals surface area contributed by atoms with Gasteiger partial charge >= 0.3 is 0 Å². The van der Waals surface area contributed by atoms with E-state index < -0.39 is 0 Å². The lowest BCUT2D eigenvalue weighted by molar-refractivity contribution is -0.107. The Morgan fingerprint density at radius 3 is 2.60 bits per heavy atom. The highest BCUT2D eigenvalue weighted by Crippen LogP contribution is 2.33. The molecule has 0 saturated heterocycles. The smallest absolute Gasteiger partial charge is 0.120 e. The third-order valence-electron chi connectivity index (χ3n) is 1.40. The van der Waals surface area contributed by atoms with E-state index in [1.807, 2.05) is 0 Å². The molecule has 0 atom stereocenters. The second kappa shape index (κ2) is 4.34. The Hall–Kier alpha value is -0.500. The summed E-state index contributed by atoms with van der Waals surface area (Å²) in [6.45, 7) is 0. The summed E-state index contributed by atoms with van der Waals surface area (Å²) >= 11 is 0. The highest BCUT2D eigenvalue weighted by Gasteiger charge is 1.96. The lowest BCUT2D eigenvalue weighted by Crippen LogP contribution is -1.83. The maximum atomic E-state index is 9.95. The van der Waals surface area contributed by atoms with Crippen molar-refractivity contribution in [1.82, 2.24) is 0 Å². The second-order valence-corrected chi connectivity index (χ2v) is 4.30. The molecular formula is C8H12OS. The van der Waals surface area contributed by atoms with Crippen LogP contribution in [-0.4, -0.2) is 12.0 Å². The van der Waals surface area contributed by atoms with Crippen LogP contribution in [0.1, 0.15) is 12.8 Å². The molecule has 0 radical (unpaired) electrons. The zero-order chi connectivity index (χ0) is 7.23. The van der Waals surface area contributed by atoms with E-state index in [1.54, 1.807) is 0 Å². The number of unbranched alkanes of at least 4 members (excludes halogenated alkanes) is 1. The van der Waals surface area contributed by atoms with Crippen molar-refractivity contribution in [2.24, 2.45) is 0 Å². The van der Waals surface area contributed by atoms with Gasteiger partial charge in [-0.25, -0.2) is 10.9 Å². The zero-order valence-electron chi connectivity index (χ0n) is 5.86. The molecule has 1 aliphatic rings. The molecule has 10 heavy (non-hydrogen) atoms. The number of rotatable bonds is 4. The molecule has 1 heterocycles. The van der Waals surface area contributed by atoms with Crippen LogP contribution < -0.4 is 0 Å². The first-order valence-corrected chi connectivity index (χ1v) is 5.14. The van der Waals surface area contributed by atoms with E-state index in [1.165, 1.54) is 5.75 Å². The zero-order valence-corrected chi connectivity index (χ0v) is 6.76. The van der Waals surface area contributed by atoms with Crippen LogP contribution in [0.5, 0.6) is 0 Å². The summed E-state index contributed by atoms with van der Waals surface area (Å²) in [6, 6.07) is 0. The maximum absolute atomic E-state index is 9.95. The van der Waals surface area contributed by atoms with Gasteiger partial charge in [0.15, 0.2) is 0 Å². The van der Waals surface area contributed by atoms with Crippen molar-refractivity contribution in [3.63, 3.8) is 0 Å². The van der Waals surface area contributed by atoms with Crippen molar-refractivity contribution in [2.45, 2.75) is 12.8 Å². The molecule has 0 unspecified atom stereocenters. The maximum Gasteiger partial charge on any atom is 0.120 e. The summed E-state index contributed by atoms with van der Waals surface area (Å²) in [5.41, 5.74) is 0. The molecule has 0 aromatic heterocycles. The van der Waals surface area contributed by atoms with Crippen LogP contribution in [0.2, 0.25) is 0 Å². The van der Waals surface area contributed by atoms with Gasteiger partial charge in [-0.15, -0.1) is 0 Å². The number of aldehydes is 1. The Bertz CT molecular complexity index is 149. The van der Waals surface area contributed by atoms with Crippen molar-refractivity contribution >= 4 is 17.2 Å². The molecule has 0 N–H and O–H groups in total. The van der Waals surface area contributed by atoms with Gasteiger partial charge in [-0.1, -0.05) is 12.2 Å². The summed E-state index contributed by atoms with van der Waals surface area (Å²) in [5, 5.41) is 4.47. The lowest BCUT2D eigenvalue weighted by atomic mass is 10.4. The summed E-state index contributed by atoms with van der Waals surface area (Å²) in [5.74, 6) is 1.18. The highest BCUT2D eigenvalue weighted by atomic mass is 32.2. The van der Waals surface area contributed by atoms with Gasteiger partial charge in [-0.05, 0) is 23.0 Å². The quantitative estimate of drug-likeness (QED) is 0.374. The predicted octanol–water partition coefficient (Wildman–Crippen LogP) is 2.01. The first-order chi connectivity index (χ1) is 4.93. The van der Waals surface area contributed by atoms with E-state index in [0.717, 1.165) is 19.1 Å². The Balaban J connectivity index is 2.08. The summed E-state index contributed by atoms with van der Waals surface area (Å²) in [7, 11) is 0.0233. The first kappa shape index (κ1) is 7.61. The normalized spacial score (nSPS) is 18.2. The van der Waals surface area contributed by atoms with Crippen LogP contribution in [0.3, 0.4) is 0 Å². The minimum atomic E-state index is 0.0233. The van der Waals surface area contributed by atoms with Gasteiger partial charge in [0, 0.05) is 6.42 Å². The number of hydrogen-bond donors (Lipinski definition) is 1. The number of allylic oxidation sites excluding steroid dienone is 2. The number of carbonyl (C=O) groups excluding carboxylic acids is 1. The minimum Gasteiger partial charge on any atom is -0.303 e. The molecule has 1 rings (SSSR count). The standard InChI is InChI=1S/C8H12OS/c9-5-1-2-6-10-7-3-4-8-10/h3-5,7-8,10H,1-2,6H2. The van der Waals surface area contributed by atoms with Crippen molar-refractivity contribution in [3.05, 3.63) is 23.0 Å². The van der Waals surface area contributed by atoms with E-state index >= 15 is 0 Å². The van der Waals surface area contributed by atoms with Crippen molar-refractivity contribution < 1.29 is 4.79 Å². The van der Waals surface area contributed by atoms with Gasteiger partial charge in [0.1, 0.15) is 6.29 Å². The minimum absolute atomic E-state index is 0.0233. The van der Waals surface area contributed by atoms with E-state index in [0.29, 0.717) is 0 Å². The number of carbonyl (C=O) groups is 1. The van der Waals surface area contributed by atoms with E-state index in [2.05, 4.69) is 23.0 Å². The Morgan fingerprint density at radius 1 is 1.30 bits per heavy atom. The fourth-order valence-corrected chi connectivity index (χ4v) is 2.46. The van der Waals surface area contributed by atoms with Crippen LogP contribution in [0.4, 0.5) is 0 Å². The molecule has 56 valence electrons. The molecule has 0 bridgehead atoms. The second-order valence-electron chi connectivity index (χ2n) is 2.23. The molecule has 0 amide bonds. The Morgan fingerprint density at radius 2 is 2.00 bits per heavy atom. The highest BCUT2D eigenvalue weighted by molar-refractivity contribution is 8.22. The first-order valence-electron chi connectivity index (χ1n) is 3.48. The molecule has 0 saturated carbocycles. The third kappa shape index (κ3) is 2.40.